The molecule has 0 aliphatic heterocycles. The van der Waals surface area contributed by atoms with E-state index in [1.54, 1.807) is 11.7 Å². The summed E-state index contributed by atoms with van der Waals surface area (Å²) in [5.41, 5.74) is 0.984. The van der Waals surface area contributed by atoms with Crippen molar-refractivity contribution in [2.24, 2.45) is 13.0 Å². The number of amides is 1. The van der Waals surface area contributed by atoms with Gasteiger partial charge in [-0.15, -0.1) is 11.6 Å². The number of halogens is 1. The minimum absolute atomic E-state index is 0.0370. The third-order valence-electron chi connectivity index (χ3n) is 1.94. The first-order chi connectivity index (χ1) is 7.02. The zero-order valence-corrected chi connectivity index (χ0v) is 10.0. The van der Waals surface area contributed by atoms with E-state index in [4.69, 9.17) is 11.6 Å². The van der Waals surface area contributed by atoms with Crippen LogP contribution >= 0.6 is 11.6 Å². The number of carbonyl (C=O) groups excluding carboxylic acids is 1. The molecule has 1 amide bonds. The highest BCUT2D eigenvalue weighted by molar-refractivity contribution is 6.29. The molecule has 0 aromatic carbocycles. The topological polar surface area (TPSA) is 46.9 Å². The van der Waals surface area contributed by atoms with E-state index in [1.807, 2.05) is 6.07 Å². The van der Waals surface area contributed by atoms with E-state index in [9.17, 15) is 4.79 Å². The van der Waals surface area contributed by atoms with Crippen molar-refractivity contribution in [2.75, 3.05) is 11.2 Å². The Morgan fingerprint density at radius 1 is 1.67 bits per heavy atom. The van der Waals surface area contributed by atoms with E-state index in [2.05, 4.69) is 24.3 Å². The highest BCUT2D eigenvalue weighted by Crippen LogP contribution is 2.12. The molecule has 84 valence electrons. The van der Waals surface area contributed by atoms with Crippen molar-refractivity contribution in [3.63, 3.8) is 0 Å². The fraction of sp³-hybridized carbons (Fsp3) is 0.600. The molecule has 15 heavy (non-hydrogen) atoms. The molecule has 0 spiro atoms. The molecule has 0 aliphatic carbocycles. The Morgan fingerprint density at radius 2 is 2.33 bits per heavy atom. The Labute approximate surface area is 94.6 Å². The Balaban J connectivity index is 2.73. The van der Waals surface area contributed by atoms with Crippen molar-refractivity contribution in [1.29, 1.82) is 0 Å². The maximum atomic E-state index is 11.1. The summed E-state index contributed by atoms with van der Waals surface area (Å²) < 4.78 is 1.65. The lowest BCUT2D eigenvalue weighted by atomic mass is 10.1. The Hall–Kier alpha value is -1.03. The van der Waals surface area contributed by atoms with Crippen LogP contribution in [0.3, 0.4) is 0 Å². The number of nitrogens with zero attached hydrogens (tertiary/aromatic N) is 2. The average Bonchev–Trinajstić information content (AvgIpc) is 2.45. The molecule has 0 atom stereocenters. The van der Waals surface area contributed by atoms with Crippen LogP contribution in [0, 0.1) is 5.92 Å². The van der Waals surface area contributed by atoms with Gasteiger partial charge in [-0.25, -0.2) is 0 Å². The van der Waals surface area contributed by atoms with Crippen LogP contribution in [0.1, 0.15) is 19.5 Å². The van der Waals surface area contributed by atoms with Gasteiger partial charge in [0, 0.05) is 13.1 Å². The van der Waals surface area contributed by atoms with Crippen LogP contribution in [0.25, 0.3) is 0 Å². The van der Waals surface area contributed by atoms with E-state index < -0.39 is 0 Å². The number of anilines is 1. The van der Waals surface area contributed by atoms with Crippen LogP contribution in [-0.4, -0.2) is 21.6 Å². The van der Waals surface area contributed by atoms with Crippen LogP contribution in [-0.2, 0) is 18.3 Å². The zero-order valence-electron chi connectivity index (χ0n) is 9.25. The smallest absolute Gasteiger partial charge is 0.240 e. The maximum Gasteiger partial charge on any atom is 0.240 e. The third kappa shape index (κ3) is 3.55. The molecule has 5 heteroatoms. The summed E-state index contributed by atoms with van der Waals surface area (Å²) in [4.78, 5) is 11.1. The number of carbonyl (C=O) groups is 1. The molecule has 0 bridgehead atoms. The van der Waals surface area contributed by atoms with Gasteiger partial charge in [0.25, 0.3) is 0 Å². The summed E-state index contributed by atoms with van der Waals surface area (Å²) in [6.07, 6.45) is 0.907. The number of hydrogen-bond donors (Lipinski definition) is 1. The Bertz CT molecular complexity index is 346. The Kier molecular flexibility index (Phi) is 4.15. The summed E-state index contributed by atoms with van der Waals surface area (Å²) in [5, 5.41) is 6.98. The average molecular weight is 230 g/mol. The standard InChI is InChI=1S/C10H16ClN3O/c1-7(2)4-8-5-9(14(3)13-8)12-10(15)6-11/h5,7H,4,6H2,1-3H3,(H,12,15). The van der Waals surface area contributed by atoms with Crippen molar-refractivity contribution in [3.8, 4) is 0 Å². The molecular weight excluding hydrogens is 214 g/mol. The van der Waals surface area contributed by atoms with E-state index in [1.165, 1.54) is 0 Å². The van der Waals surface area contributed by atoms with Crippen LogP contribution in [0.15, 0.2) is 6.07 Å². The first-order valence-corrected chi connectivity index (χ1v) is 5.45. The van der Waals surface area contributed by atoms with Crippen LogP contribution in [0.2, 0.25) is 0 Å². The number of hydrogen-bond acceptors (Lipinski definition) is 2. The van der Waals surface area contributed by atoms with Gasteiger partial charge in [0.15, 0.2) is 0 Å². The fourth-order valence-electron chi connectivity index (χ4n) is 1.34. The molecule has 0 radical (unpaired) electrons. The highest BCUT2D eigenvalue weighted by Gasteiger charge is 2.08. The molecule has 1 aromatic rings. The van der Waals surface area contributed by atoms with E-state index >= 15 is 0 Å². The number of nitrogens with one attached hydrogen (secondary N) is 1. The number of alkyl halides is 1. The lowest BCUT2D eigenvalue weighted by Gasteiger charge is -2.00. The van der Waals surface area contributed by atoms with Gasteiger partial charge < -0.3 is 5.32 Å². The van der Waals surface area contributed by atoms with Gasteiger partial charge in [0.05, 0.1) is 5.69 Å². The van der Waals surface area contributed by atoms with Crippen molar-refractivity contribution < 1.29 is 4.79 Å². The second kappa shape index (κ2) is 5.16. The molecule has 4 nitrogen and oxygen atoms in total. The normalized spacial score (nSPS) is 10.7. The van der Waals surface area contributed by atoms with Gasteiger partial charge in [0.2, 0.25) is 5.91 Å². The number of aromatic nitrogens is 2. The number of aryl methyl sites for hydroxylation is 1. The van der Waals surface area contributed by atoms with Crippen LogP contribution in [0.4, 0.5) is 5.82 Å². The first-order valence-electron chi connectivity index (χ1n) is 4.91. The van der Waals surface area contributed by atoms with Crippen molar-refractivity contribution >= 4 is 23.3 Å². The molecule has 1 N–H and O–H groups in total. The summed E-state index contributed by atoms with van der Waals surface area (Å²) in [6.45, 7) is 4.26. The van der Waals surface area contributed by atoms with Crippen LogP contribution in [0.5, 0.6) is 0 Å². The minimum Gasteiger partial charge on any atom is -0.310 e. The molecule has 0 aliphatic rings. The molecule has 1 heterocycles. The third-order valence-corrected chi connectivity index (χ3v) is 2.18. The second-order valence-corrected chi connectivity index (χ2v) is 4.19. The monoisotopic (exact) mass is 229 g/mol. The second-order valence-electron chi connectivity index (χ2n) is 3.92. The summed E-state index contributed by atoms with van der Waals surface area (Å²) in [5.74, 6) is 0.994. The predicted molar refractivity (Wildman–Crippen MR) is 61.1 cm³/mol. The first kappa shape index (κ1) is 12.0. The van der Waals surface area contributed by atoms with Gasteiger partial charge in [0.1, 0.15) is 11.7 Å². The quantitative estimate of drug-likeness (QED) is 0.801. The van der Waals surface area contributed by atoms with Crippen molar-refractivity contribution in [3.05, 3.63) is 11.8 Å². The summed E-state index contributed by atoms with van der Waals surface area (Å²) >= 11 is 5.40. The molecule has 0 unspecified atom stereocenters. The highest BCUT2D eigenvalue weighted by atomic mass is 35.5. The van der Waals surface area contributed by atoms with Crippen molar-refractivity contribution in [1.82, 2.24) is 9.78 Å². The molecule has 0 saturated heterocycles. The van der Waals surface area contributed by atoms with Crippen molar-refractivity contribution in [2.45, 2.75) is 20.3 Å². The predicted octanol–water partition coefficient (Wildman–Crippen LogP) is 1.80. The van der Waals surface area contributed by atoms with Gasteiger partial charge in [-0.1, -0.05) is 13.8 Å². The van der Waals surface area contributed by atoms with E-state index in [-0.39, 0.29) is 11.8 Å². The van der Waals surface area contributed by atoms with Gasteiger partial charge in [-0.3, -0.25) is 9.48 Å². The minimum atomic E-state index is -0.212. The summed E-state index contributed by atoms with van der Waals surface area (Å²) in [7, 11) is 1.80. The lowest BCUT2D eigenvalue weighted by Crippen LogP contribution is -2.15. The number of rotatable bonds is 4. The Morgan fingerprint density at radius 3 is 2.87 bits per heavy atom. The lowest BCUT2D eigenvalue weighted by molar-refractivity contribution is -0.114. The van der Waals surface area contributed by atoms with Crippen LogP contribution < -0.4 is 5.32 Å². The van der Waals surface area contributed by atoms with Gasteiger partial charge in [-0.05, 0) is 12.3 Å². The molecule has 1 aromatic heterocycles. The summed E-state index contributed by atoms with van der Waals surface area (Å²) in [6, 6.07) is 1.88. The SMILES string of the molecule is CC(C)Cc1cc(NC(=O)CCl)n(C)n1. The van der Waals surface area contributed by atoms with E-state index in [0.717, 1.165) is 12.1 Å². The fourth-order valence-corrected chi connectivity index (χ4v) is 1.40. The molecule has 0 saturated carbocycles. The maximum absolute atomic E-state index is 11.1. The van der Waals surface area contributed by atoms with Gasteiger partial charge >= 0.3 is 0 Å². The zero-order chi connectivity index (χ0) is 11.4. The molecular formula is C10H16ClN3O. The van der Waals surface area contributed by atoms with E-state index in [0.29, 0.717) is 11.7 Å². The largest absolute Gasteiger partial charge is 0.310 e. The van der Waals surface area contributed by atoms with Gasteiger partial charge in [-0.2, -0.15) is 5.10 Å². The molecule has 1 rings (SSSR count). The molecule has 0 fully saturated rings.